The van der Waals surface area contributed by atoms with E-state index >= 15 is 0 Å². The smallest absolute Gasteiger partial charge is 0.351 e. The number of aliphatic hydroxyl groups is 2. The summed E-state index contributed by atoms with van der Waals surface area (Å²) < 4.78 is 9.27. The first kappa shape index (κ1) is 13.1. The summed E-state index contributed by atoms with van der Waals surface area (Å²) in [5.41, 5.74) is 0.122. The molecule has 0 fully saturated rings. The fourth-order valence-electron chi connectivity index (χ4n) is 0.601. The number of aliphatic hydroxyl groups excluding tert-OH is 1. The predicted octanol–water partition coefficient (Wildman–Crippen LogP) is 0.171. The molecule has 1 atom stereocenters. The van der Waals surface area contributed by atoms with Gasteiger partial charge in [0.15, 0.2) is 0 Å². The Morgan fingerprint density at radius 2 is 2.14 bits per heavy atom. The monoisotopic (exact) mass is 204 g/mol. The molecule has 0 amide bonds. The summed E-state index contributed by atoms with van der Waals surface area (Å²) in [7, 11) is 0. The van der Waals surface area contributed by atoms with Gasteiger partial charge in [-0.25, -0.2) is 4.79 Å². The summed E-state index contributed by atoms with van der Waals surface area (Å²) in [4.78, 5) is 11.0. The van der Waals surface area contributed by atoms with Crippen LogP contribution in [0.5, 0.6) is 0 Å². The zero-order valence-electron chi connectivity index (χ0n) is 8.45. The third-order valence-electron chi connectivity index (χ3n) is 1.33. The van der Waals surface area contributed by atoms with Crippen LogP contribution in [0.3, 0.4) is 0 Å². The van der Waals surface area contributed by atoms with E-state index in [9.17, 15) is 9.90 Å². The molecule has 2 N–H and O–H groups in total. The molecule has 0 aromatic carbocycles. The number of ether oxygens (including phenoxy) is 2. The van der Waals surface area contributed by atoms with Crippen molar-refractivity contribution in [3.63, 3.8) is 0 Å². The standard InChI is InChI=1S/C9H16O5/c1-4-5-13-9(12,6-10)14-8(11)7(2)3/h10,12H,2,4-6H2,1,3H3. The summed E-state index contributed by atoms with van der Waals surface area (Å²) in [6, 6.07) is 0. The Kier molecular flexibility index (Phi) is 5.37. The lowest BCUT2D eigenvalue weighted by Gasteiger charge is -2.25. The highest BCUT2D eigenvalue weighted by Crippen LogP contribution is 2.11. The largest absolute Gasteiger partial charge is 0.402 e. The Bertz CT molecular complexity index is 213. The molecule has 0 aliphatic carbocycles. The van der Waals surface area contributed by atoms with E-state index in [2.05, 4.69) is 11.3 Å². The van der Waals surface area contributed by atoms with Crippen molar-refractivity contribution in [1.82, 2.24) is 0 Å². The SMILES string of the molecule is C=C(C)C(=O)OC(O)(CO)OCCC. The highest BCUT2D eigenvalue weighted by Gasteiger charge is 2.32. The van der Waals surface area contributed by atoms with Crippen LogP contribution in [0.4, 0.5) is 0 Å². The van der Waals surface area contributed by atoms with E-state index in [0.717, 1.165) is 0 Å². The van der Waals surface area contributed by atoms with Gasteiger partial charge in [-0.05, 0) is 13.3 Å². The van der Waals surface area contributed by atoms with Crippen LogP contribution < -0.4 is 0 Å². The molecule has 0 saturated carbocycles. The van der Waals surface area contributed by atoms with Crippen molar-refractivity contribution in [1.29, 1.82) is 0 Å². The fourth-order valence-corrected chi connectivity index (χ4v) is 0.601. The molecule has 0 radical (unpaired) electrons. The number of hydrogen-bond acceptors (Lipinski definition) is 5. The number of carbonyl (C=O) groups excluding carboxylic acids is 1. The van der Waals surface area contributed by atoms with Gasteiger partial charge in [0.1, 0.15) is 6.61 Å². The molecule has 82 valence electrons. The third-order valence-corrected chi connectivity index (χ3v) is 1.33. The zero-order valence-corrected chi connectivity index (χ0v) is 8.45. The minimum atomic E-state index is -2.26. The molecule has 1 unspecified atom stereocenters. The molecule has 0 heterocycles. The average molecular weight is 204 g/mol. The first-order valence-corrected chi connectivity index (χ1v) is 4.31. The molecule has 0 aliphatic heterocycles. The van der Waals surface area contributed by atoms with E-state index in [-0.39, 0.29) is 12.2 Å². The summed E-state index contributed by atoms with van der Waals surface area (Å²) in [6.45, 7) is 5.95. The van der Waals surface area contributed by atoms with E-state index in [1.54, 1.807) is 0 Å². The lowest BCUT2D eigenvalue weighted by atomic mass is 10.4. The van der Waals surface area contributed by atoms with Gasteiger partial charge in [0, 0.05) is 5.57 Å². The zero-order chi connectivity index (χ0) is 11.2. The molecule has 0 aromatic heterocycles. The molecule has 0 spiro atoms. The van der Waals surface area contributed by atoms with Crippen LogP contribution in [-0.4, -0.2) is 35.4 Å². The second-order valence-electron chi connectivity index (χ2n) is 2.89. The lowest BCUT2D eigenvalue weighted by molar-refractivity contribution is -0.352. The molecule has 14 heavy (non-hydrogen) atoms. The minimum Gasteiger partial charge on any atom is -0.402 e. The van der Waals surface area contributed by atoms with Crippen LogP contribution in [0.25, 0.3) is 0 Å². The molecular weight excluding hydrogens is 188 g/mol. The van der Waals surface area contributed by atoms with Crippen molar-refractivity contribution in [3.8, 4) is 0 Å². The van der Waals surface area contributed by atoms with Gasteiger partial charge in [-0.2, -0.15) is 0 Å². The first-order chi connectivity index (χ1) is 6.45. The van der Waals surface area contributed by atoms with Crippen LogP contribution in [-0.2, 0) is 14.3 Å². The molecule has 5 heteroatoms. The van der Waals surface area contributed by atoms with E-state index in [0.29, 0.717) is 6.42 Å². The van der Waals surface area contributed by atoms with E-state index in [1.165, 1.54) is 6.92 Å². The topological polar surface area (TPSA) is 76.0 Å². The highest BCUT2D eigenvalue weighted by molar-refractivity contribution is 5.87. The maximum atomic E-state index is 11.0. The van der Waals surface area contributed by atoms with Gasteiger partial charge in [0.2, 0.25) is 0 Å². The normalized spacial score (nSPS) is 14.6. The van der Waals surface area contributed by atoms with Crippen molar-refractivity contribution >= 4 is 5.97 Å². The minimum absolute atomic E-state index is 0.122. The molecular formula is C9H16O5. The van der Waals surface area contributed by atoms with Gasteiger partial charge in [0.05, 0.1) is 6.61 Å². The average Bonchev–Trinajstić information content (AvgIpc) is 2.14. The Balaban J connectivity index is 4.24. The Morgan fingerprint density at radius 3 is 2.50 bits per heavy atom. The van der Waals surface area contributed by atoms with Crippen molar-refractivity contribution in [2.24, 2.45) is 0 Å². The Hall–Kier alpha value is -0.910. The summed E-state index contributed by atoms with van der Waals surface area (Å²) >= 11 is 0. The van der Waals surface area contributed by atoms with Crippen LogP contribution in [0, 0.1) is 0 Å². The molecule has 0 aliphatic rings. The maximum absolute atomic E-state index is 11.0. The number of hydrogen-bond donors (Lipinski definition) is 2. The summed E-state index contributed by atoms with van der Waals surface area (Å²) in [5.74, 6) is -3.07. The van der Waals surface area contributed by atoms with Gasteiger partial charge in [-0.1, -0.05) is 13.5 Å². The number of carbonyl (C=O) groups is 1. The molecule has 0 saturated heterocycles. The number of rotatable bonds is 6. The van der Waals surface area contributed by atoms with Crippen LogP contribution >= 0.6 is 0 Å². The Morgan fingerprint density at radius 1 is 1.57 bits per heavy atom. The van der Waals surface area contributed by atoms with E-state index in [1.807, 2.05) is 6.92 Å². The second-order valence-corrected chi connectivity index (χ2v) is 2.89. The maximum Gasteiger partial charge on any atom is 0.351 e. The first-order valence-electron chi connectivity index (χ1n) is 4.31. The molecule has 0 bridgehead atoms. The van der Waals surface area contributed by atoms with Crippen molar-refractivity contribution in [2.45, 2.75) is 26.2 Å². The summed E-state index contributed by atoms with van der Waals surface area (Å²) in [5, 5.41) is 18.2. The van der Waals surface area contributed by atoms with E-state index in [4.69, 9.17) is 9.84 Å². The van der Waals surface area contributed by atoms with Crippen LogP contribution in [0.1, 0.15) is 20.3 Å². The summed E-state index contributed by atoms with van der Waals surface area (Å²) in [6.07, 6.45) is 0.632. The molecule has 0 rings (SSSR count). The van der Waals surface area contributed by atoms with Gasteiger partial charge in [0.25, 0.3) is 0 Å². The van der Waals surface area contributed by atoms with Gasteiger partial charge in [-0.15, -0.1) is 0 Å². The van der Waals surface area contributed by atoms with Crippen molar-refractivity contribution in [3.05, 3.63) is 12.2 Å². The molecule has 0 aromatic rings. The number of esters is 1. The van der Waals surface area contributed by atoms with Crippen molar-refractivity contribution < 1.29 is 24.5 Å². The predicted molar refractivity (Wildman–Crippen MR) is 49.2 cm³/mol. The van der Waals surface area contributed by atoms with Crippen LogP contribution in [0.2, 0.25) is 0 Å². The van der Waals surface area contributed by atoms with Gasteiger partial charge in [-0.3, -0.25) is 0 Å². The fraction of sp³-hybridized carbons (Fsp3) is 0.667. The third kappa shape index (κ3) is 4.36. The van der Waals surface area contributed by atoms with Crippen LogP contribution in [0.15, 0.2) is 12.2 Å². The Labute approximate surface area is 82.9 Å². The highest BCUT2D eigenvalue weighted by atomic mass is 16.8. The second kappa shape index (κ2) is 5.74. The van der Waals surface area contributed by atoms with Gasteiger partial charge >= 0.3 is 11.9 Å². The lowest BCUT2D eigenvalue weighted by Crippen LogP contribution is -2.42. The van der Waals surface area contributed by atoms with E-state index < -0.39 is 18.5 Å². The van der Waals surface area contributed by atoms with Crippen molar-refractivity contribution in [2.75, 3.05) is 13.2 Å². The van der Waals surface area contributed by atoms with Gasteiger partial charge < -0.3 is 19.7 Å². The molecule has 5 nitrogen and oxygen atoms in total. The quantitative estimate of drug-likeness (QED) is 0.366.